The van der Waals surface area contributed by atoms with Crippen LogP contribution in [0.15, 0.2) is 0 Å². The number of aliphatic hydroxyl groups excluding tert-OH is 1. The van der Waals surface area contributed by atoms with Crippen molar-refractivity contribution < 1.29 is 9.84 Å². The minimum absolute atomic E-state index is 0.0715. The van der Waals surface area contributed by atoms with Crippen LogP contribution in [-0.2, 0) is 4.74 Å². The van der Waals surface area contributed by atoms with E-state index in [1.54, 1.807) is 7.11 Å². The largest absolute Gasteiger partial charge is 0.390 e. The van der Waals surface area contributed by atoms with E-state index in [1.165, 1.54) is 77.0 Å². The summed E-state index contributed by atoms with van der Waals surface area (Å²) in [6.07, 6.45) is 18.8. The maximum Gasteiger partial charge on any atom is 0.0832 e. The van der Waals surface area contributed by atoms with E-state index in [-0.39, 0.29) is 12.2 Å². The molecule has 4 bridgehead atoms. The van der Waals surface area contributed by atoms with Crippen LogP contribution in [0, 0.1) is 23.7 Å². The number of hydrogen-bond donors (Lipinski definition) is 1. The van der Waals surface area contributed by atoms with Gasteiger partial charge >= 0.3 is 0 Å². The van der Waals surface area contributed by atoms with Crippen LogP contribution in [0.2, 0.25) is 0 Å². The van der Waals surface area contributed by atoms with E-state index in [0.717, 1.165) is 36.5 Å². The van der Waals surface area contributed by atoms with E-state index in [2.05, 4.69) is 0 Å². The summed E-state index contributed by atoms with van der Waals surface area (Å²) in [7, 11) is 1.80. The van der Waals surface area contributed by atoms with E-state index in [9.17, 15) is 5.11 Å². The third kappa shape index (κ3) is 5.19. The van der Waals surface area contributed by atoms with Crippen molar-refractivity contribution in [3.63, 3.8) is 0 Å². The lowest BCUT2D eigenvalue weighted by Crippen LogP contribution is -2.34. The molecule has 0 aromatic heterocycles. The predicted octanol–water partition coefficient (Wildman–Crippen LogP) is 5.33. The summed E-state index contributed by atoms with van der Waals surface area (Å²) in [6.45, 7) is 0. The molecule has 0 heterocycles. The highest BCUT2D eigenvalue weighted by molar-refractivity contribution is 4.82. The minimum atomic E-state index is -0.243. The van der Waals surface area contributed by atoms with Crippen molar-refractivity contribution in [1.82, 2.24) is 0 Å². The molecule has 2 atom stereocenters. The van der Waals surface area contributed by atoms with Gasteiger partial charge in [-0.25, -0.2) is 0 Å². The smallest absolute Gasteiger partial charge is 0.0832 e. The van der Waals surface area contributed by atoms with Crippen molar-refractivity contribution in [2.45, 2.75) is 102 Å². The standard InChI is InChI=1S/C21H38O2/c1-23-21-15-19-12-8-17(9-13-19)5-3-2-4-16-6-10-18(11-7-16)14-20(21)22/h16-22H,2-15H2,1H3/t16?,17?,18?,19?,20-,21-/m1/s1. The molecule has 0 radical (unpaired) electrons. The molecule has 6 aliphatic carbocycles. The Morgan fingerprint density at radius 2 is 1.04 bits per heavy atom. The molecule has 6 saturated carbocycles. The van der Waals surface area contributed by atoms with E-state index >= 15 is 0 Å². The Morgan fingerprint density at radius 1 is 0.609 bits per heavy atom. The minimum Gasteiger partial charge on any atom is -0.390 e. The van der Waals surface area contributed by atoms with Gasteiger partial charge in [0, 0.05) is 7.11 Å². The second-order valence-corrected chi connectivity index (χ2v) is 8.87. The fourth-order valence-electron chi connectivity index (χ4n) is 5.61. The van der Waals surface area contributed by atoms with E-state index in [0.29, 0.717) is 0 Å². The lowest BCUT2D eigenvalue weighted by molar-refractivity contribution is -0.0414. The number of hydrogen-bond acceptors (Lipinski definition) is 2. The zero-order valence-corrected chi connectivity index (χ0v) is 15.2. The molecule has 2 nitrogen and oxygen atoms in total. The van der Waals surface area contributed by atoms with E-state index < -0.39 is 0 Å². The summed E-state index contributed by atoms with van der Waals surface area (Å²) in [5.74, 6) is 3.49. The molecule has 0 aromatic rings. The topological polar surface area (TPSA) is 29.5 Å². The first-order valence-electron chi connectivity index (χ1n) is 10.5. The molecule has 0 unspecified atom stereocenters. The van der Waals surface area contributed by atoms with Crippen LogP contribution < -0.4 is 0 Å². The molecular weight excluding hydrogens is 284 g/mol. The van der Waals surface area contributed by atoms with Gasteiger partial charge in [0.2, 0.25) is 0 Å². The first kappa shape index (κ1) is 17.7. The predicted molar refractivity (Wildman–Crippen MR) is 95.4 cm³/mol. The summed E-state index contributed by atoms with van der Waals surface area (Å²) in [5, 5.41) is 10.7. The monoisotopic (exact) mass is 322 g/mol. The van der Waals surface area contributed by atoms with Crippen molar-refractivity contribution in [3.05, 3.63) is 0 Å². The number of methoxy groups -OCH3 is 1. The van der Waals surface area contributed by atoms with Gasteiger partial charge in [-0.15, -0.1) is 0 Å². The van der Waals surface area contributed by atoms with Crippen LogP contribution in [-0.4, -0.2) is 24.4 Å². The highest BCUT2D eigenvalue weighted by Crippen LogP contribution is 2.38. The Kier molecular flexibility index (Phi) is 6.83. The second-order valence-electron chi connectivity index (χ2n) is 8.87. The summed E-state index contributed by atoms with van der Waals surface area (Å²) in [4.78, 5) is 0. The molecule has 0 saturated heterocycles. The second kappa shape index (κ2) is 8.85. The molecule has 6 fully saturated rings. The van der Waals surface area contributed by atoms with Gasteiger partial charge in [-0.2, -0.15) is 0 Å². The third-order valence-corrected chi connectivity index (χ3v) is 7.28. The van der Waals surface area contributed by atoms with Crippen LogP contribution >= 0.6 is 0 Å². The SMILES string of the molecule is CO[C@@H]1CC2CCC(CCCCC3CCC(CC3)C[C@H]1O)CC2. The van der Waals surface area contributed by atoms with Crippen molar-refractivity contribution in [2.75, 3.05) is 7.11 Å². The Morgan fingerprint density at radius 3 is 1.52 bits per heavy atom. The Bertz CT molecular complexity index is 327. The van der Waals surface area contributed by atoms with Gasteiger partial charge < -0.3 is 9.84 Å². The Hall–Kier alpha value is -0.0800. The molecular formula is C21H38O2. The molecule has 1 N–H and O–H groups in total. The summed E-state index contributed by atoms with van der Waals surface area (Å²) < 4.78 is 5.71. The number of ether oxygens (including phenoxy) is 1. The van der Waals surface area contributed by atoms with Crippen molar-refractivity contribution in [1.29, 1.82) is 0 Å². The molecule has 0 spiro atoms. The maximum atomic E-state index is 10.7. The van der Waals surface area contributed by atoms with Crippen LogP contribution in [0.4, 0.5) is 0 Å². The zero-order valence-electron chi connectivity index (χ0n) is 15.2. The van der Waals surface area contributed by atoms with Crippen molar-refractivity contribution >= 4 is 0 Å². The zero-order chi connectivity index (χ0) is 16.1. The molecule has 134 valence electrons. The van der Waals surface area contributed by atoms with Gasteiger partial charge in [-0.1, -0.05) is 77.0 Å². The molecule has 6 rings (SSSR count). The average Bonchev–Trinajstić information content (AvgIpc) is 2.58. The number of aliphatic hydroxyl groups is 1. The lowest BCUT2D eigenvalue weighted by atomic mass is 9.74. The van der Waals surface area contributed by atoms with Gasteiger partial charge in [0.1, 0.15) is 0 Å². The van der Waals surface area contributed by atoms with Gasteiger partial charge in [0.05, 0.1) is 12.2 Å². The molecule has 6 aliphatic rings. The molecule has 2 heteroatoms. The van der Waals surface area contributed by atoms with Gasteiger partial charge in [0.25, 0.3) is 0 Å². The van der Waals surface area contributed by atoms with Crippen molar-refractivity contribution in [3.8, 4) is 0 Å². The Balaban J connectivity index is 1.60. The highest BCUT2D eigenvalue weighted by Gasteiger charge is 2.30. The van der Waals surface area contributed by atoms with Crippen LogP contribution in [0.25, 0.3) is 0 Å². The summed E-state index contributed by atoms with van der Waals surface area (Å²) >= 11 is 0. The van der Waals surface area contributed by atoms with Crippen molar-refractivity contribution in [2.24, 2.45) is 23.7 Å². The first-order valence-corrected chi connectivity index (χ1v) is 10.5. The van der Waals surface area contributed by atoms with E-state index in [1.807, 2.05) is 0 Å². The fourth-order valence-corrected chi connectivity index (χ4v) is 5.61. The average molecular weight is 323 g/mol. The molecule has 0 amide bonds. The van der Waals surface area contributed by atoms with Gasteiger partial charge in [-0.3, -0.25) is 0 Å². The van der Waals surface area contributed by atoms with Gasteiger partial charge in [-0.05, 0) is 36.5 Å². The first-order chi connectivity index (χ1) is 11.2. The highest BCUT2D eigenvalue weighted by atomic mass is 16.5. The lowest BCUT2D eigenvalue weighted by Gasteiger charge is -2.35. The normalized spacial score (nSPS) is 43.6. The summed E-state index contributed by atoms with van der Waals surface area (Å²) in [6, 6.07) is 0. The van der Waals surface area contributed by atoms with Crippen LogP contribution in [0.3, 0.4) is 0 Å². The van der Waals surface area contributed by atoms with Crippen LogP contribution in [0.5, 0.6) is 0 Å². The third-order valence-electron chi connectivity index (χ3n) is 7.28. The molecule has 23 heavy (non-hydrogen) atoms. The van der Waals surface area contributed by atoms with Crippen LogP contribution in [0.1, 0.15) is 89.9 Å². The quantitative estimate of drug-likeness (QED) is 0.707. The fraction of sp³-hybridized carbons (Fsp3) is 1.00. The molecule has 0 aliphatic heterocycles. The molecule has 0 aromatic carbocycles. The summed E-state index contributed by atoms with van der Waals surface area (Å²) in [5.41, 5.74) is 0. The maximum absolute atomic E-state index is 10.7. The van der Waals surface area contributed by atoms with Gasteiger partial charge in [0.15, 0.2) is 0 Å². The number of rotatable bonds is 1. The van der Waals surface area contributed by atoms with E-state index in [4.69, 9.17) is 4.74 Å². The Labute approximate surface area is 143 Å².